The molecule has 1 N–H and O–H groups in total. The first-order valence-corrected chi connectivity index (χ1v) is 14.2. The van der Waals surface area contributed by atoms with Crippen molar-refractivity contribution in [3.63, 3.8) is 0 Å². The number of benzene rings is 3. The van der Waals surface area contributed by atoms with E-state index in [9.17, 15) is 13.2 Å². The summed E-state index contributed by atoms with van der Waals surface area (Å²) in [6.07, 6.45) is 0.279. The van der Waals surface area contributed by atoms with Crippen molar-refractivity contribution in [1.29, 1.82) is 0 Å². The van der Waals surface area contributed by atoms with E-state index in [-0.39, 0.29) is 16.7 Å². The molecule has 0 spiro atoms. The van der Waals surface area contributed by atoms with Crippen LogP contribution in [0.4, 0.5) is 0 Å². The summed E-state index contributed by atoms with van der Waals surface area (Å²) in [5.41, 5.74) is 5.29. The van der Waals surface area contributed by atoms with Crippen molar-refractivity contribution in [2.75, 3.05) is 0 Å². The molecule has 36 heavy (non-hydrogen) atoms. The number of hydrogen-bond donors (Lipinski definition) is 1. The maximum absolute atomic E-state index is 13.5. The van der Waals surface area contributed by atoms with Gasteiger partial charge in [-0.25, -0.2) is 13.1 Å². The van der Waals surface area contributed by atoms with Crippen LogP contribution in [0.1, 0.15) is 43.4 Å². The lowest BCUT2D eigenvalue weighted by atomic mass is 9.87. The molecule has 0 saturated heterocycles. The van der Waals surface area contributed by atoms with Crippen LogP contribution in [0.3, 0.4) is 0 Å². The van der Waals surface area contributed by atoms with Gasteiger partial charge in [-0.2, -0.15) is 17.5 Å². The number of fused-ring (bicyclic) bond motifs is 2. The Kier molecular flexibility index (Phi) is 6.31. The lowest BCUT2D eigenvalue weighted by molar-refractivity contribution is -0.120. The zero-order chi connectivity index (χ0) is 25.5. The van der Waals surface area contributed by atoms with Crippen molar-refractivity contribution in [2.24, 2.45) is 0 Å². The van der Waals surface area contributed by atoms with Crippen LogP contribution in [0.2, 0.25) is 0 Å². The molecular weight excluding hydrogens is 515 g/mol. The highest BCUT2D eigenvalue weighted by Gasteiger charge is 2.27. The molecule has 3 aromatic carbocycles. The number of hydrogen-bond acceptors (Lipinski definition) is 9. The summed E-state index contributed by atoms with van der Waals surface area (Å²) in [7, 11) is -4.07. The Balaban J connectivity index is 1.47. The normalized spacial score (nSPS) is 13.2. The van der Waals surface area contributed by atoms with Gasteiger partial charge in [0, 0.05) is 0 Å². The van der Waals surface area contributed by atoms with Gasteiger partial charge >= 0.3 is 0 Å². The molecule has 8 nitrogen and oxygen atoms in total. The summed E-state index contributed by atoms with van der Waals surface area (Å²) >= 11 is 2.21. The summed E-state index contributed by atoms with van der Waals surface area (Å²) in [6, 6.07) is 17.6. The van der Waals surface area contributed by atoms with Gasteiger partial charge in [0.2, 0.25) is 5.91 Å². The fraction of sp³-hybridized carbons (Fsp3) is 0.240. The Morgan fingerprint density at radius 3 is 2.06 bits per heavy atom. The summed E-state index contributed by atoms with van der Waals surface area (Å²) in [5.74, 6) is -1.39. The number of amides is 1. The van der Waals surface area contributed by atoms with Crippen molar-refractivity contribution in [3.8, 4) is 0 Å². The minimum absolute atomic E-state index is 0.0386. The molecule has 2 aromatic heterocycles. The molecule has 1 atom stereocenters. The molecule has 1 unspecified atom stereocenters. The summed E-state index contributed by atoms with van der Waals surface area (Å²) in [5, 5.41) is 0. The molecule has 0 aliphatic rings. The molecule has 184 valence electrons. The van der Waals surface area contributed by atoms with Crippen molar-refractivity contribution in [3.05, 3.63) is 77.4 Å². The average molecular weight is 538 g/mol. The van der Waals surface area contributed by atoms with Crippen LogP contribution < -0.4 is 4.72 Å². The van der Waals surface area contributed by atoms with Gasteiger partial charge in [0.15, 0.2) is 0 Å². The number of rotatable bonds is 6. The van der Waals surface area contributed by atoms with Crippen LogP contribution in [-0.4, -0.2) is 31.8 Å². The minimum atomic E-state index is -4.07. The summed E-state index contributed by atoms with van der Waals surface area (Å²) in [4.78, 5) is 13.5. The third-order valence-electron chi connectivity index (χ3n) is 6.02. The first-order chi connectivity index (χ1) is 17.1. The van der Waals surface area contributed by atoms with Crippen LogP contribution in [0.25, 0.3) is 22.1 Å². The molecule has 0 aliphatic carbocycles. The number of nitrogens with one attached hydrogen (secondary N) is 1. The number of sulfonamides is 1. The van der Waals surface area contributed by atoms with Gasteiger partial charge in [-0.3, -0.25) is 4.79 Å². The lowest BCUT2D eigenvalue weighted by Gasteiger charge is -2.20. The van der Waals surface area contributed by atoms with E-state index < -0.39 is 21.8 Å². The number of carbonyl (C=O) groups excluding carboxylic acids is 1. The fourth-order valence-corrected chi connectivity index (χ4v) is 6.02. The number of carbonyl (C=O) groups is 1. The third kappa shape index (κ3) is 4.99. The molecule has 0 fully saturated rings. The molecule has 0 aliphatic heterocycles. The quantitative estimate of drug-likeness (QED) is 0.330. The van der Waals surface area contributed by atoms with E-state index in [1.54, 1.807) is 30.3 Å². The van der Waals surface area contributed by atoms with E-state index >= 15 is 0 Å². The molecule has 5 aromatic rings. The Bertz CT molecular complexity index is 1670. The maximum Gasteiger partial charge on any atom is 0.264 e. The van der Waals surface area contributed by atoms with Crippen molar-refractivity contribution >= 4 is 61.5 Å². The predicted molar refractivity (Wildman–Crippen MR) is 142 cm³/mol. The average Bonchev–Trinajstić information content (AvgIpc) is 3.50. The largest absolute Gasteiger partial charge is 0.273 e. The zero-order valence-electron chi connectivity index (χ0n) is 19.8. The summed E-state index contributed by atoms with van der Waals surface area (Å²) in [6.45, 7) is 6.16. The highest BCUT2D eigenvalue weighted by Crippen LogP contribution is 2.28. The molecule has 2 heterocycles. The van der Waals surface area contributed by atoms with Gasteiger partial charge in [0.05, 0.1) is 34.3 Å². The maximum atomic E-state index is 13.5. The van der Waals surface area contributed by atoms with E-state index in [2.05, 4.69) is 43.0 Å². The highest BCUT2D eigenvalue weighted by atomic mass is 32.2. The van der Waals surface area contributed by atoms with E-state index in [1.165, 1.54) is 12.1 Å². The SMILES string of the molecule is CC(C)(C)c1ccc(S(=O)(=O)NC(=O)C(Cc2ccc3nsnc3c2)c2ccc3nsnc3c2)cc1. The monoisotopic (exact) mass is 537 g/mol. The first-order valence-electron chi connectivity index (χ1n) is 11.2. The lowest BCUT2D eigenvalue weighted by Crippen LogP contribution is -2.35. The van der Waals surface area contributed by atoms with Crippen molar-refractivity contribution in [1.82, 2.24) is 22.2 Å². The minimum Gasteiger partial charge on any atom is -0.273 e. The first kappa shape index (κ1) is 24.4. The van der Waals surface area contributed by atoms with E-state index in [4.69, 9.17) is 0 Å². The fourth-order valence-electron chi connectivity index (χ4n) is 3.96. The van der Waals surface area contributed by atoms with Crippen LogP contribution in [-0.2, 0) is 26.7 Å². The van der Waals surface area contributed by atoms with Gasteiger partial charge in [-0.15, -0.1) is 0 Å². The van der Waals surface area contributed by atoms with Gasteiger partial charge < -0.3 is 0 Å². The van der Waals surface area contributed by atoms with E-state index in [0.717, 1.165) is 51.1 Å². The Labute approximate surface area is 217 Å². The molecule has 0 saturated carbocycles. The second-order valence-electron chi connectivity index (χ2n) is 9.60. The van der Waals surface area contributed by atoms with Crippen LogP contribution >= 0.6 is 23.5 Å². The molecule has 0 bridgehead atoms. The Hall–Kier alpha value is -3.28. The number of aromatic nitrogens is 4. The van der Waals surface area contributed by atoms with E-state index in [1.807, 2.05) is 18.2 Å². The second-order valence-corrected chi connectivity index (χ2v) is 12.3. The van der Waals surface area contributed by atoms with Gasteiger partial charge in [-0.1, -0.05) is 45.0 Å². The van der Waals surface area contributed by atoms with Crippen molar-refractivity contribution in [2.45, 2.75) is 43.4 Å². The standard InChI is InChI=1S/C25H23N5O3S3/c1-25(2,3)17-6-8-18(9-7-17)36(32,33)30-24(31)19(16-5-11-21-23(14-16)29-35-27-21)12-15-4-10-20-22(13-15)28-34-26-20/h4-11,13-14,19H,12H2,1-3H3,(H,30,31). The zero-order valence-corrected chi connectivity index (χ0v) is 22.2. The predicted octanol–water partition coefficient (Wildman–Crippen LogP) is 4.82. The second kappa shape index (κ2) is 9.30. The smallest absolute Gasteiger partial charge is 0.264 e. The number of nitrogens with zero attached hydrogens (tertiary/aromatic N) is 4. The molecule has 11 heteroatoms. The van der Waals surface area contributed by atoms with Crippen molar-refractivity contribution < 1.29 is 13.2 Å². The van der Waals surface area contributed by atoms with Crippen LogP contribution in [0, 0.1) is 0 Å². The van der Waals surface area contributed by atoms with Gasteiger partial charge in [0.25, 0.3) is 10.0 Å². The van der Waals surface area contributed by atoms with Gasteiger partial charge in [0.1, 0.15) is 22.1 Å². The third-order valence-corrected chi connectivity index (χ3v) is 8.50. The molecule has 0 radical (unpaired) electrons. The van der Waals surface area contributed by atoms with E-state index in [0.29, 0.717) is 11.1 Å². The molecular formula is C25H23N5O3S3. The van der Waals surface area contributed by atoms with Crippen LogP contribution in [0.5, 0.6) is 0 Å². The van der Waals surface area contributed by atoms with Gasteiger partial charge in [-0.05, 0) is 64.9 Å². The highest BCUT2D eigenvalue weighted by molar-refractivity contribution is 7.90. The topological polar surface area (TPSA) is 115 Å². The summed E-state index contributed by atoms with van der Waals surface area (Å²) < 4.78 is 45.6. The molecule has 5 rings (SSSR count). The Morgan fingerprint density at radius 2 is 1.42 bits per heavy atom. The van der Waals surface area contributed by atoms with Crippen LogP contribution in [0.15, 0.2) is 65.6 Å². The Morgan fingerprint density at radius 1 is 0.833 bits per heavy atom. The molecule has 1 amide bonds.